The van der Waals surface area contributed by atoms with Gasteiger partial charge in [0.2, 0.25) is 0 Å². The summed E-state index contributed by atoms with van der Waals surface area (Å²) in [5, 5.41) is 0. The summed E-state index contributed by atoms with van der Waals surface area (Å²) in [5.74, 6) is -1.49. The van der Waals surface area contributed by atoms with E-state index in [1.165, 1.54) is 9.80 Å². The van der Waals surface area contributed by atoms with Crippen LogP contribution in [0.4, 0.5) is 22.7 Å². The Bertz CT molecular complexity index is 2410. The first kappa shape index (κ1) is 32.4. The average molecular weight is 683 g/mol. The van der Waals surface area contributed by atoms with Gasteiger partial charge in [0.1, 0.15) is 0 Å². The fourth-order valence-electron chi connectivity index (χ4n) is 7.20. The number of aryl methyl sites for hydroxylation is 4. The lowest BCUT2D eigenvalue weighted by Gasteiger charge is -2.19. The van der Waals surface area contributed by atoms with Crippen LogP contribution in [0.3, 0.4) is 0 Å². The molecule has 0 saturated carbocycles. The molecule has 0 aromatic heterocycles. The van der Waals surface area contributed by atoms with E-state index in [-0.39, 0.29) is 23.6 Å². The summed E-state index contributed by atoms with van der Waals surface area (Å²) < 4.78 is 0. The number of nitrogens with two attached hydrogens (primary N) is 2. The highest BCUT2D eigenvalue weighted by molar-refractivity contribution is 6.35. The van der Waals surface area contributed by atoms with E-state index in [1.54, 1.807) is 36.4 Å². The lowest BCUT2D eigenvalue weighted by atomic mass is 9.95. The van der Waals surface area contributed by atoms with Crippen LogP contribution >= 0.6 is 0 Å². The minimum absolute atomic E-state index is 0.356. The molecule has 2 aliphatic heterocycles. The zero-order valence-corrected chi connectivity index (χ0v) is 29.1. The number of fused-ring (bicyclic) bond motifs is 2. The Hall–Kier alpha value is -6.80. The van der Waals surface area contributed by atoms with Crippen molar-refractivity contribution in [1.82, 2.24) is 0 Å². The Morgan fingerprint density at radius 2 is 0.673 bits per heavy atom. The summed E-state index contributed by atoms with van der Waals surface area (Å²) in [6, 6.07) is 33.0. The minimum atomic E-state index is -0.377. The third kappa shape index (κ3) is 5.07. The van der Waals surface area contributed by atoms with Crippen LogP contribution in [0.1, 0.15) is 63.7 Å². The first-order chi connectivity index (χ1) is 24.9. The van der Waals surface area contributed by atoms with Crippen molar-refractivity contribution in [3.63, 3.8) is 0 Å². The van der Waals surface area contributed by atoms with Gasteiger partial charge in [0, 0.05) is 11.4 Å². The van der Waals surface area contributed by atoms with Gasteiger partial charge in [-0.05, 0) is 156 Å². The predicted octanol–water partition coefficient (Wildman–Crippen LogP) is 8.69. The smallest absolute Gasteiger partial charge is 0.266 e. The minimum Gasteiger partial charge on any atom is -0.399 e. The molecule has 0 spiro atoms. The molecule has 2 aliphatic rings. The lowest BCUT2D eigenvalue weighted by Crippen LogP contribution is -2.29. The first-order valence-corrected chi connectivity index (χ1v) is 16.9. The molecule has 6 aromatic carbocycles. The monoisotopic (exact) mass is 682 g/mol. The topological polar surface area (TPSA) is 127 Å². The highest BCUT2D eigenvalue weighted by atomic mass is 16.2. The molecule has 2 heterocycles. The van der Waals surface area contributed by atoms with Crippen molar-refractivity contribution in [2.75, 3.05) is 21.3 Å². The highest BCUT2D eigenvalue weighted by Crippen LogP contribution is 2.38. The fraction of sp³-hybridized carbons (Fsp3) is 0.0909. The highest BCUT2D eigenvalue weighted by Gasteiger charge is 2.38. The molecule has 0 unspecified atom stereocenters. The third-order valence-electron chi connectivity index (χ3n) is 10.2. The Balaban J connectivity index is 1.05. The van der Waals surface area contributed by atoms with Crippen molar-refractivity contribution in [1.29, 1.82) is 0 Å². The normalized spacial score (nSPS) is 13.6. The second kappa shape index (κ2) is 11.9. The predicted molar refractivity (Wildman–Crippen MR) is 206 cm³/mol. The van der Waals surface area contributed by atoms with Gasteiger partial charge >= 0.3 is 0 Å². The third-order valence-corrected chi connectivity index (χ3v) is 10.2. The van der Waals surface area contributed by atoms with Crippen LogP contribution in [-0.2, 0) is 0 Å². The van der Waals surface area contributed by atoms with Crippen molar-refractivity contribution >= 4 is 46.4 Å². The zero-order valence-electron chi connectivity index (χ0n) is 29.1. The summed E-state index contributed by atoms with van der Waals surface area (Å²) in [7, 11) is 0. The van der Waals surface area contributed by atoms with Gasteiger partial charge in [0.15, 0.2) is 0 Å². The second-order valence-corrected chi connectivity index (χ2v) is 13.6. The number of rotatable bonds is 5. The van der Waals surface area contributed by atoms with Crippen molar-refractivity contribution in [2.24, 2.45) is 0 Å². The van der Waals surface area contributed by atoms with Crippen molar-refractivity contribution in [3.05, 3.63) is 154 Å². The van der Waals surface area contributed by atoms with Crippen LogP contribution in [0.2, 0.25) is 0 Å². The molecule has 6 aromatic rings. The number of anilines is 4. The average Bonchev–Trinajstić information content (AvgIpc) is 3.53. The number of hydrogen-bond donors (Lipinski definition) is 2. The first-order valence-electron chi connectivity index (χ1n) is 16.9. The number of nitrogen functional groups attached to an aromatic ring is 2. The van der Waals surface area contributed by atoms with Crippen molar-refractivity contribution < 1.29 is 19.2 Å². The lowest BCUT2D eigenvalue weighted by molar-refractivity contribution is 0.0910. The molecule has 52 heavy (non-hydrogen) atoms. The molecule has 4 amide bonds. The van der Waals surface area contributed by atoms with E-state index < -0.39 is 0 Å². The molecule has 8 nitrogen and oxygen atoms in total. The molecule has 0 bridgehead atoms. The second-order valence-electron chi connectivity index (χ2n) is 13.6. The largest absolute Gasteiger partial charge is 0.399 e. The van der Waals surface area contributed by atoms with Gasteiger partial charge in [0.05, 0.1) is 33.6 Å². The van der Waals surface area contributed by atoms with Crippen LogP contribution in [0.5, 0.6) is 0 Å². The summed E-state index contributed by atoms with van der Waals surface area (Å²) in [5.41, 5.74) is 24.6. The van der Waals surface area contributed by atoms with E-state index in [4.69, 9.17) is 11.5 Å². The molecule has 0 aliphatic carbocycles. The van der Waals surface area contributed by atoms with Crippen LogP contribution in [0, 0.1) is 27.7 Å². The summed E-state index contributed by atoms with van der Waals surface area (Å²) in [6.07, 6.45) is 0. The van der Waals surface area contributed by atoms with Crippen molar-refractivity contribution in [2.45, 2.75) is 27.7 Å². The molecule has 8 rings (SSSR count). The number of hydrogen-bond acceptors (Lipinski definition) is 6. The molecular weight excluding hydrogens is 649 g/mol. The van der Waals surface area contributed by atoms with Crippen LogP contribution in [0.25, 0.3) is 33.4 Å². The van der Waals surface area contributed by atoms with E-state index in [2.05, 4.69) is 0 Å². The van der Waals surface area contributed by atoms with E-state index in [0.717, 1.165) is 55.6 Å². The Morgan fingerprint density at radius 1 is 0.346 bits per heavy atom. The molecule has 0 radical (unpaired) electrons. The van der Waals surface area contributed by atoms with E-state index in [9.17, 15) is 19.2 Å². The Kier molecular flexibility index (Phi) is 7.43. The number of imide groups is 2. The maximum Gasteiger partial charge on any atom is 0.266 e. The van der Waals surface area contributed by atoms with Crippen LogP contribution < -0.4 is 21.3 Å². The van der Waals surface area contributed by atoms with Gasteiger partial charge in [-0.25, -0.2) is 9.80 Å². The van der Waals surface area contributed by atoms with Gasteiger partial charge in [0.25, 0.3) is 23.6 Å². The van der Waals surface area contributed by atoms with Gasteiger partial charge in [-0.1, -0.05) is 36.4 Å². The molecule has 0 fully saturated rings. The van der Waals surface area contributed by atoms with Gasteiger partial charge < -0.3 is 11.5 Å². The number of amides is 4. The quantitative estimate of drug-likeness (QED) is 0.138. The zero-order chi connectivity index (χ0) is 36.6. The molecule has 0 saturated heterocycles. The summed E-state index contributed by atoms with van der Waals surface area (Å²) >= 11 is 0. The molecule has 8 heteroatoms. The summed E-state index contributed by atoms with van der Waals surface area (Å²) in [4.78, 5) is 56.8. The van der Waals surface area contributed by atoms with Gasteiger partial charge in [-0.2, -0.15) is 0 Å². The number of nitrogens with zero attached hydrogens (tertiary/aromatic N) is 2. The molecular formula is C44H34N4O4. The van der Waals surface area contributed by atoms with E-state index in [1.807, 2.05) is 100 Å². The SMILES string of the molecule is Cc1cc(-c2ccc3c(c2)C(=O)N(c2ccc(-c4ccc(N5C(=O)c6ccc(-c7ccc(N)c(C)c7)cc6C5=O)cc4C)c(C)c2)C3=O)ccc1N. The van der Waals surface area contributed by atoms with E-state index >= 15 is 0 Å². The maximum atomic E-state index is 13.7. The molecule has 0 atom stereocenters. The van der Waals surface area contributed by atoms with Gasteiger partial charge in [-0.3, -0.25) is 19.2 Å². The molecule has 4 N–H and O–H groups in total. The number of carbonyl (C=O) groups is 4. The molecule has 254 valence electrons. The standard InChI is InChI=1S/C44H34N4O4/c1-23-19-31(47-41(49)35-11-5-29(21-37(35)43(47)51)27-7-15-39(45)25(3)17-27)9-13-33(23)34-14-10-32(20-24(34)2)48-42(50)36-12-6-30(22-38(36)44(48)52)28-8-16-40(46)26(4)18-28/h5-22H,45-46H2,1-4H3. The maximum absolute atomic E-state index is 13.7. The van der Waals surface area contributed by atoms with Gasteiger partial charge in [-0.15, -0.1) is 0 Å². The number of carbonyl (C=O) groups excluding carboxylic acids is 4. The summed E-state index contributed by atoms with van der Waals surface area (Å²) in [6.45, 7) is 7.71. The van der Waals surface area contributed by atoms with Crippen molar-refractivity contribution in [3.8, 4) is 33.4 Å². The Labute approximate surface area is 300 Å². The Morgan fingerprint density at radius 3 is 1.04 bits per heavy atom. The van der Waals surface area contributed by atoms with Crippen LogP contribution in [0.15, 0.2) is 109 Å². The van der Waals surface area contributed by atoms with E-state index in [0.29, 0.717) is 45.0 Å². The fourth-order valence-corrected chi connectivity index (χ4v) is 7.20. The number of benzene rings is 6. The van der Waals surface area contributed by atoms with Crippen LogP contribution in [-0.4, -0.2) is 23.6 Å².